The molecule has 5 rings (SSSR count). The topological polar surface area (TPSA) is 76.5 Å². The number of hydrogen-bond acceptors (Lipinski definition) is 5. The summed E-state index contributed by atoms with van der Waals surface area (Å²) in [5.41, 5.74) is 0.717. The van der Waals surface area contributed by atoms with Crippen molar-refractivity contribution in [3.05, 3.63) is 105 Å². The summed E-state index contributed by atoms with van der Waals surface area (Å²) < 4.78 is 48.2. The molecule has 1 fully saturated rings. The molecule has 1 aliphatic rings. The molecule has 3 heterocycles. The first kappa shape index (κ1) is 29.9. The van der Waals surface area contributed by atoms with Gasteiger partial charge in [-0.1, -0.05) is 11.8 Å². The summed E-state index contributed by atoms with van der Waals surface area (Å²) in [7, 11) is 2.13. The van der Waals surface area contributed by atoms with Gasteiger partial charge in [-0.3, -0.25) is 14.6 Å². The molecule has 10 heteroatoms. The molecule has 43 heavy (non-hydrogen) atoms. The summed E-state index contributed by atoms with van der Waals surface area (Å²) in [5.74, 6) is 2.18. The number of likely N-dealkylation sites (tertiary alicyclic amines) is 1. The van der Waals surface area contributed by atoms with Gasteiger partial charge in [0, 0.05) is 35.8 Å². The first-order valence-corrected chi connectivity index (χ1v) is 14.0. The van der Waals surface area contributed by atoms with Gasteiger partial charge in [0.15, 0.2) is 17.5 Å². The van der Waals surface area contributed by atoms with Crippen LogP contribution in [0.1, 0.15) is 47.3 Å². The lowest BCUT2D eigenvalue weighted by atomic mass is 9.99. The number of pyridine rings is 2. The maximum atomic E-state index is 13.7. The number of piperidine rings is 1. The molecule has 2 aromatic carbocycles. The van der Waals surface area contributed by atoms with Crippen LogP contribution >= 0.6 is 0 Å². The Morgan fingerprint density at radius 2 is 1.95 bits per heavy atom. The number of benzene rings is 2. The Labute approximate surface area is 247 Å². The quantitative estimate of drug-likeness (QED) is 0.245. The van der Waals surface area contributed by atoms with Crippen molar-refractivity contribution in [2.45, 2.75) is 25.8 Å². The molecular weight excluding hydrogens is 557 g/mol. The third kappa shape index (κ3) is 6.89. The van der Waals surface area contributed by atoms with Gasteiger partial charge in [-0.05, 0) is 87.5 Å². The molecule has 0 aliphatic carbocycles. The second-order valence-electron chi connectivity index (χ2n) is 10.7. The summed E-state index contributed by atoms with van der Waals surface area (Å²) >= 11 is 0. The van der Waals surface area contributed by atoms with E-state index in [2.05, 4.69) is 34.1 Å². The summed E-state index contributed by atoms with van der Waals surface area (Å²) in [4.78, 5) is 32.6. The van der Waals surface area contributed by atoms with Crippen molar-refractivity contribution >= 4 is 16.8 Å². The monoisotopic (exact) mass is 588 g/mol. The zero-order chi connectivity index (χ0) is 30.5. The molecule has 222 valence electrons. The molecule has 1 N–H and O–H groups in total. The molecule has 0 saturated carbocycles. The minimum atomic E-state index is -1.59. The van der Waals surface area contributed by atoms with Crippen LogP contribution in [0.5, 0.6) is 5.75 Å². The van der Waals surface area contributed by atoms with Crippen LogP contribution in [0.25, 0.3) is 10.9 Å². The zero-order valence-corrected chi connectivity index (χ0v) is 23.9. The van der Waals surface area contributed by atoms with Crippen LogP contribution in [0.2, 0.25) is 0 Å². The van der Waals surface area contributed by atoms with E-state index in [-0.39, 0.29) is 17.7 Å². The minimum absolute atomic E-state index is 0.0270. The number of amides is 1. The number of fused-ring (bicyclic) bond motifs is 1. The van der Waals surface area contributed by atoms with E-state index in [4.69, 9.17) is 4.74 Å². The largest absolute Gasteiger partial charge is 0.492 e. The molecule has 1 unspecified atom stereocenters. The molecule has 2 aromatic heterocycles. The van der Waals surface area contributed by atoms with E-state index >= 15 is 0 Å². The van der Waals surface area contributed by atoms with Crippen molar-refractivity contribution in [3.63, 3.8) is 0 Å². The maximum Gasteiger partial charge on any atom is 0.263 e. The fraction of sp³-hybridized carbons (Fsp3) is 0.303. The van der Waals surface area contributed by atoms with Crippen LogP contribution in [-0.4, -0.2) is 53.6 Å². The SMILES string of the molecule is CC(c1cc(F)c(F)c(F)c1)n1cccc(C(=O)NCC#Cc2ccc3nccc(OC[C@@H]4CCCN(C)C4)c3c2)c1=O. The Balaban J connectivity index is 1.25. The van der Waals surface area contributed by atoms with E-state index in [9.17, 15) is 22.8 Å². The minimum Gasteiger partial charge on any atom is -0.492 e. The first-order chi connectivity index (χ1) is 20.7. The van der Waals surface area contributed by atoms with Gasteiger partial charge in [-0.2, -0.15) is 0 Å². The van der Waals surface area contributed by atoms with E-state index < -0.39 is 35.0 Å². The summed E-state index contributed by atoms with van der Waals surface area (Å²) in [6.45, 7) is 4.24. The number of rotatable bonds is 7. The zero-order valence-electron chi connectivity index (χ0n) is 23.9. The molecule has 0 bridgehead atoms. The van der Waals surface area contributed by atoms with E-state index in [1.807, 2.05) is 24.3 Å². The number of hydrogen-bond donors (Lipinski definition) is 1. The normalized spacial score (nSPS) is 15.9. The number of nitrogens with one attached hydrogen (secondary N) is 1. The number of halogens is 3. The predicted octanol–water partition coefficient (Wildman–Crippen LogP) is 4.93. The van der Waals surface area contributed by atoms with Gasteiger partial charge in [0.2, 0.25) is 0 Å². The van der Waals surface area contributed by atoms with E-state index in [1.54, 1.807) is 6.20 Å². The third-order valence-electron chi connectivity index (χ3n) is 7.59. The van der Waals surface area contributed by atoms with Gasteiger partial charge < -0.3 is 19.5 Å². The third-order valence-corrected chi connectivity index (χ3v) is 7.59. The molecule has 7 nitrogen and oxygen atoms in total. The molecule has 0 spiro atoms. The number of nitrogens with zero attached hydrogens (tertiary/aromatic N) is 3. The highest BCUT2D eigenvalue weighted by atomic mass is 19.2. The Kier molecular flexibility index (Phi) is 9.12. The Hall–Kier alpha value is -4.62. The average Bonchev–Trinajstić information content (AvgIpc) is 3.00. The molecule has 1 amide bonds. The van der Waals surface area contributed by atoms with Crippen LogP contribution < -0.4 is 15.6 Å². The van der Waals surface area contributed by atoms with Crippen LogP contribution in [0.4, 0.5) is 13.2 Å². The Morgan fingerprint density at radius 3 is 2.72 bits per heavy atom. The fourth-order valence-electron chi connectivity index (χ4n) is 5.27. The smallest absolute Gasteiger partial charge is 0.263 e. The highest BCUT2D eigenvalue weighted by molar-refractivity contribution is 5.94. The summed E-state index contributed by atoms with van der Waals surface area (Å²) in [5, 5.41) is 3.46. The fourth-order valence-corrected chi connectivity index (χ4v) is 5.27. The van der Waals surface area contributed by atoms with Gasteiger partial charge in [0.1, 0.15) is 11.3 Å². The molecule has 1 aliphatic heterocycles. The number of carbonyl (C=O) groups is 1. The van der Waals surface area contributed by atoms with Crippen LogP contribution in [0, 0.1) is 35.2 Å². The van der Waals surface area contributed by atoms with Crippen molar-refractivity contribution in [2.75, 3.05) is 33.3 Å². The lowest BCUT2D eigenvalue weighted by Gasteiger charge is -2.29. The van der Waals surface area contributed by atoms with Gasteiger partial charge >= 0.3 is 0 Å². The highest BCUT2D eigenvalue weighted by Gasteiger charge is 2.20. The van der Waals surface area contributed by atoms with Crippen LogP contribution in [-0.2, 0) is 0 Å². The lowest BCUT2D eigenvalue weighted by molar-refractivity contribution is 0.0956. The van der Waals surface area contributed by atoms with Crippen molar-refractivity contribution in [1.29, 1.82) is 0 Å². The predicted molar refractivity (Wildman–Crippen MR) is 158 cm³/mol. The maximum absolute atomic E-state index is 13.7. The molecule has 2 atom stereocenters. The van der Waals surface area contributed by atoms with Gasteiger partial charge in [-0.15, -0.1) is 0 Å². The first-order valence-electron chi connectivity index (χ1n) is 14.0. The van der Waals surface area contributed by atoms with Crippen molar-refractivity contribution in [1.82, 2.24) is 19.8 Å². The number of carbonyl (C=O) groups excluding carboxylic acids is 1. The number of ether oxygens (including phenoxy) is 1. The van der Waals surface area contributed by atoms with E-state index in [0.29, 0.717) is 18.1 Å². The van der Waals surface area contributed by atoms with Crippen LogP contribution in [0.3, 0.4) is 0 Å². The van der Waals surface area contributed by atoms with Gasteiger partial charge in [-0.25, -0.2) is 13.2 Å². The number of aromatic nitrogens is 2. The van der Waals surface area contributed by atoms with Crippen molar-refractivity contribution in [2.24, 2.45) is 5.92 Å². The summed E-state index contributed by atoms with van der Waals surface area (Å²) in [6, 6.07) is 11.1. The lowest BCUT2D eigenvalue weighted by Crippen LogP contribution is -2.34. The van der Waals surface area contributed by atoms with Crippen molar-refractivity contribution < 1.29 is 22.7 Å². The second-order valence-corrected chi connectivity index (χ2v) is 10.7. The van der Waals surface area contributed by atoms with Crippen molar-refractivity contribution in [3.8, 4) is 17.6 Å². The highest BCUT2D eigenvalue weighted by Crippen LogP contribution is 2.26. The van der Waals surface area contributed by atoms with E-state index in [0.717, 1.165) is 59.3 Å². The Bertz CT molecular complexity index is 1760. The second kappa shape index (κ2) is 13.1. The average molecular weight is 589 g/mol. The molecule has 4 aromatic rings. The molecule has 1 saturated heterocycles. The van der Waals surface area contributed by atoms with Gasteiger partial charge in [0.25, 0.3) is 11.5 Å². The Morgan fingerprint density at radius 1 is 1.16 bits per heavy atom. The van der Waals surface area contributed by atoms with Gasteiger partial charge in [0.05, 0.1) is 24.7 Å². The standard InChI is InChI=1S/C33H31F3N4O3/c1-21(24-17-27(34)31(36)28(35)18-24)40-15-5-8-25(33(40)42)32(41)38-12-3-6-22-9-10-29-26(16-22)30(11-13-37-29)43-20-23-7-4-14-39(2)19-23/h5,8-11,13,15-18,21,23H,4,7,12,14,19-20H2,1-2H3,(H,38,41)/t21?,23-/m1/s1. The summed E-state index contributed by atoms with van der Waals surface area (Å²) in [6.07, 6.45) is 5.42. The molecule has 0 radical (unpaired) electrons. The van der Waals surface area contributed by atoms with Crippen LogP contribution in [0.15, 0.2) is 65.7 Å². The molecular formula is C33H31F3N4O3. The van der Waals surface area contributed by atoms with E-state index in [1.165, 1.54) is 25.3 Å².